The lowest BCUT2D eigenvalue weighted by atomic mass is 9.86. The Morgan fingerprint density at radius 1 is 1.21 bits per heavy atom. The molecule has 1 rings (SSSR count). The molecule has 0 amide bonds. The van der Waals surface area contributed by atoms with Crippen LogP contribution >= 0.6 is 0 Å². The molecule has 0 heterocycles. The second kappa shape index (κ2) is 5.72. The van der Waals surface area contributed by atoms with Crippen molar-refractivity contribution in [2.24, 2.45) is 11.8 Å². The largest absolute Gasteiger partial charge is 0.395 e. The summed E-state index contributed by atoms with van der Waals surface area (Å²) in [7, 11) is 0. The minimum atomic E-state index is 0.268. The molecule has 1 atom stereocenters. The van der Waals surface area contributed by atoms with E-state index >= 15 is 0 Å². The molecule has 0 aromatic heterocycles. The van der Waals surface area contributed by atoms with Crippen LogP contribution in [0.2, 0.25) is 0 Å². The summed E-state index contributed by atoms with van der Waals surface area (Å²) in [6, 6.07) is 0.930. The number of aliphatic hydroxyl groups is 1. The molecule has 0 bridgehead atoms. The summed E-state index contributed by atoms with van der Waals surface area (Å²) in [5, 5.41) is 12.8. The predicted molar refractivity (Wildman–Crippen MR) is 60.3 cm³/mol. The number of aliphatic hydroxyl groups excluding tert-OH is 1. The van der Waals surface area contributed by atoms with Crippen molar-refractivity contribution in [1.29, 1.82) is 0 Å². The third kappa shape index (κ3) is 3.58. The van der Waals surface area contributed by atoms with Crippen LogP contribution in [-0.2, 0) is 0 Å². The van der Waals surface area contributed by atoms with E-state index < -0.39 is 0 Å². The van der Waals surface area contributed by atoms with Crippen LogP contribution in [0.1, 0.15) is 46.5 Å². The third-order valence-electron chi connectivity index (χ3n) is 3.47. The number of hydrogen-bond donors (Lipinski definition) is 2. The second-order valence-electron chi connectivity index (χ2n) is 5.16. The van der Waals surface area contributed by atoms with E-state index in [0.717, 1.165) is 5.92 Å². The first-order valence-electron chi connectivity index (χ1n) is 6.00. The van der Waals surface area contributed by atoms with Crippen LogP contribution in [-0.4, -0.2) is 23.8 Å². The van der Waals surface area contributed by atoms with Crippen molar-refractivity contribution in [3.63, 3.8) is 0 Å². The topological polar surface area (TPSA) is 32.3 Å². The Morgan fingerprint density at radius 3 is 2.21 bits per heavy atom. The van der Waals surface area contributed by atoms with Gasteiger partial charge in [-0.2, -0.15) is 0 Å². The van der Waals surface area contributed by atoms with Crippen molar-refractivity contribution < 1.29 is 5.11 Å². The van der Waals surface area contributed by atoms with Crippen molar-refractivity contribution in [3.8, 4) is 0 Å². The zero-order valence-corrected chi connectivity index (χ0v) is 9.79. The summed E-state index contributed by atoms with van der Waals surface area (Å²) in [4.78, 5) is 0. The highest BCUT2D eigenvalue weighted by atomic mass is 16.3. The molecule has 2 nitrogen and oxygen atoms in total. The maximum Gasteiger partial charge on any atom is 0.0587 e. The first kappa shape index (κ1) is 12.0. The number of nitrogens with one attached hydrogen (secondary N) is 1. The highest BCUT2D eigenvalue weighted by molar-refractivity contribution is 4.80. The molecule has 0 aromatic rings. The summed E-state index contributed by atoms with van der Waals surface area (Å²) >= 11 is 0. The maximum absolute atomic E-state index is 9.22. The van der Waals surface area contributed by atoms with E-state index in [9.17, 15) is 5.11 Å². The van der Waals surface area contributed by atoms with Gasteiger partial charge in [0, 0.05) is 12.1 Å². The first-order chi connectivity index (χ1) is 6.63. The van der Waals surface area contributed by atoms with E-state index in [0.29, 0.717) is 12.0 Å². The summed E-state index contributed by atoms with van der Waals surface area (Å²) in [5.74, 6) is 1.43. The quantitative estimate of drug-likeness (QED) is 0.727. The molecule has 84 valence electrons. The minimum absolute atomic E-state index is 0.268. The Morgan fingerprint density at radius 2 is 1.79 bits per heavy atom. The van der Waals surface area contributed by atoms with E-state index in [4.69, 9.17) is 0 Å². The summed E-state index contributed by atoms with van der Waals surface area (Å²) < 4.78 is 0. The smallest absolute Gasteiger partial charge is 0.0587 e. The highest BCUT2D eigenvalue weighted by Crippen LogP contribution is 2.24. The first-order valence-corrected chi connectivity index (χ1v) is 6.00. The van der Waals surface area contributed by atoms with Gasteiger partial charge >= 0.3 is 0 Å². The molecule has 1 unspecified atom stereocenters. The van der Waals surface area contributed by atoms with Gasteiger partial charge in [0.15, 0.2) is 0 Å². The van der Waals surface area contributed by atoms with Gasteiger partial charge in [-0.15, -0.1) is 0 Å². The molecule has 0 spiro atoms. The number of hydrogen-bond acceptors (Lipinski definition) is 2. The zero-order chi connectivity index (χ0) is 10.6. The normalized spacial score (nSPS) is 30.6. The highest BCUT2D eigenvalue weighted by Gasteiger charge is 2.21. The molecule has 0 aromatic carbocycles. The van der Waals surface area contributed by atoms with Crippen molar-refractivity contribution in [3.05, 3.63) is 0 Å². The molecule has 14 heavy (non-hydrogen) atoms. The fourth-order valence-corrected chi connectivity index (χ4v) is 2.19. The van der Waals surface area contributed by atoms with Gasteiger partial charge in [-0.3, -0.25) is 0 Å². The van der Waals surface area contributed by atoms with Gasteiger partial charge in [0.2, 0.25) is 0 Å². The van der Waals surface area contributed by atoms with Crippen LogP contribution in [0.3, 0.4) is 0 Å². The van der Waals surface area contributed by atoms with E-state index in [2.05, 4.69) is 26.1 Å². The Bertz CT molecular complexity index is 150. The number of rotatable bonds is 4. The summed E-state index contributed by atoms with van der Waals surface area (Å²) in [6.45, 7) is 6.94. The molecular weight excluding hydrogens is 174 g/mol. The molecule has 2 heteroatoms. The fourth-order valence-electron chi connectivity index (χ4n) is 2.19. The Kier molecular flexibility index (Phi) is 4.90. The predicted octanol–water partition coefficient (Wildman–Crippen LogP) is 2.17. The molecule has 0 saturated heterocycles. The Hall–Kier alpha value is -0.0800. The summed E-state index contributed by atoms with van der Waals surface area (Å²) in [6.07, 6.45) is 5.25. The molecule has 2 N–H and O–H groups in total. The van der Waals surface area contributed by atoms with Crippen LogP contribution in [0, 0.1) is 11.8 Å². The van der Waals surface area contributed by atoms with Crippen molar-refractivity contribution >= 4 is 0 Å². The van der Waals surface area contributed by atoms with Gasteiger partial charge in [0.1, 0.15) is 0 Å². The monoisotopic (exact) mass is 199 g/mol. The molecule has 1 saturated carbocycles. The van der Waals surface area contributed by atoms with E-state index in [1.807, 2.05) is 0 Å². The van der Waals surface area contributed by atoms with Crippen LogP contribution < -0.4 is 5.32 Å². The van der Waals surface area contributed by atoms with Gasteiger partial charge < -0.3 is 10.4 Å². The van der Waals surface area contributed by atoms with E-state index in [1.54, 1.807) is 0 Å². The molecule has 1 aliphatic rings. The minimum Gasteiger partial charge on any atom is -0.395 e. The Balaban J connectivity index is 2.29. The van der Waals surface area contributed by atoms with Crippen molar-refractivity contribution in [2.75, 3.05) is 6.61 Å². The van der Waals surface area contributed by atoms with E-state index in [-0.39, 0.29) is 12.6 Å². The van der Waals surface area contributed by atoms with Crippen LogP contribution in [0.5, 0.6) is 0 Å². The van der Waals surface area contributed by atoms with Crippen molar-refractivity contribution in [2.45, 2.75) is 58.5 Å². The average molecular weight is 199 g/mol. The second-order valence-corrected chi connectivity index (χ2v) is 5.16. The lowest BCUT2D eigenvalue weighted by Crippen LogP contribution is -2.45. The summed E-state index contributed by atoms with van der Waals surface area (Å²) in [5.41, 5.74) is 0. The van der Waals surface area contributed by atoms with Gasteiger partial charge in [-0.25, -0.2) is 0 Å². The van der Waals surface area contributed by atoms with Crippen molar-refractivity contribution in [1.82, 2.24) is 5.32 Å². The van der Waals surface area contributed by atoms with Crippen LogP contribution in [0.25, 0.3) is 0 Å². The molecule has 1 fully saturated rings. The van der Waals surface area contributed by atoms with E-state index in [1.165, 1.54) is 25.7 Å². The lowest BCUT2D eigenvalue weighted by molar-refractivity contribution is 0.181. The Labute approximate surface area is 88.1 Å². The lowest BCUT2D eigenvalue weighted by Gasteiger charge is -2.31. The third-order valence-corrected chi connectivity index (χ3v) is 3.47. The van der Waals surface area contributed by atoms with Gasteiger partial charge in [0.25, 0.3) is 0 Å². The van der Waals surface area contributed by atoms with Crippen LogP contribution in [0.4, 0.5) is 0 Å². The molecule has 1 aliphatic carbocycles. The van der Waals surface area contributed by atoms with Gasteiger partial charge in [-0.1, -0.05) is 20.8 Å². The zero-order valence-electron chi connectivity index (χ0n) is 9.79. The molecule has 0 radical (unpaired) electrons. The SMILES string of the molecule is CC1CCC(NC(CO)C(C)C)CC1. The standard InChI is InChI=1S/C12H25NO/c1-9(2)12(8-14)13-11-6-4-10(3)5-7-11/h9-14H,4-8H2,1-3H3. The van der Waals surface area contributed by atoms with Gasteiger partial charge in [-0.05, 0) is 37.5 Å². The van der Waals surface area contributed by atoms with Gasteiger partial charge in [0.05, 0.1) is 6.61 Å². The van der Waals surface area contributed by atoms with Crippen LogP contribution in [0.15, 0.2) is 0 Å². The fraction of sp³-hybridized carbons (Fsp3) is 1.00. The molecular formula is C12H25NO. The average Bonchev–Trinajstić information content (AvgIpc) is 2.16. The maximum atomic E-state index is 9.22. The molecule has 0 aliphatic heterocycles.